The van der Waals surface area contributed by atoms with Crippen LogP contribution in [0.4, 0.5) is 0 Å². The van der Waals surface area contributed by atoms with E-state index >= 15 is 0 Å². The van der Waals surface area contributed by atoms with Gasteiger partial charge in [0.2, 0.25) is 0 Å². The molecule has 2 N–H and O–H groups in total. The van der Waals surface area contributed by atoms with Crippen molar-refractivity contribution in [1.82, 2.24) is 0 Å². The van der Waals surface area contributed by atoms with Crippen LogP contribution in [0.5, 0.6) is 0 Å². The first kappa shape index (κ1) is 6.69. The van der Waals surface area contributed by atoms with E-state index in [-0.39, 0.29) is 11.3 Å². The highest BCUT2D eigenvalue weighted by atomic mass is 32.1. The van der Waals surface area contributed by atoms with Gasteiger partial charge in [0, 0.05) is 0 Å². The van der Waals surface area contributed by atoms with Gasteiger partial charge in [-0.2, -0.15) is 0 Å². The van der Waals surface area contributed by atoms with E-state index in [1.54, 1.807) is 0 Å². The third-order valence-corrected chi connectivity index (χ3v) is 0.448. The average Bonchev–Trinajstić information content (AvgIpc) is 1.27. The van der Waals surface area contributed by atoms with Gasteiger partial charge in [0.15, 0.2) is 0 Å². The zero-order valence-corrected chi connectivity index (χ0v) is 5.29. The molecule has 0 aromatic carbocycles. The number of hydrogen-bond acceptors (Lipinski definition) is 2. The molecule has 0 aliphatic carbocycles. The van der Waals surface area contributed by atoms with Crippen LogP contribution in [0.15, 0.2) is 0 Å². The van der Waals surface area contributed by atoms with Crippen LogP contribution in [-0.4, -0.2) is 11.3 Å². The third-order valence-electron chi connectivity index (χ3n) is 0.352. The molecule has 0 aliphatic heterocycles. The van der Waals surface area contributed by atoms with Crippen molar-refractivity contribution < 1.29 is 4.74 Å². The Morgan fingerprint density at radius 2 is 2.14 bits per heavy atom. The van der Waals surface area contributed by atoms with Gasteiger partial charge in [-0.25, -0.2) is 0 Å². The summed E-state index contributed by atoms with van der Waals surface area (Å²) in [6, 6.07) is 0. The van der Waals surface area contributed by atoms with Gasteiger partial charge < -0.3 is 10.5 Å². The van der Waals surface area contributed by atoms with Crippen molar-refractivity contribution in [2.45, 2.75) is 20.0 Å². The van der Waals surface area contributed by atoms with Crippen molar-refractivity contribution in [3.8, 4) is 0 Å². The number of ether oxygens (including phenoxy) is 1. The molecule has 0 atom stereocenters. The zero-order chi connectivity index (χ0) is 5.86. The lowest BCUT2D eigenvalue weighted by molar-refractivity contribution is 0.232. The summed E-state index contributed by atoms with van der Waals surface area (Å²) in [5, 5.41) is 0.120. The van der Waals surface area contributed by atoms with E-state index in [1.807, 2.05) is 13.8 Å². The molecular weight excluding hydrogens is 110 g/mol. The Bertz CT molecular complexity index is 72.1. The Balaban J connectivity index is 3.13. The fourth-order valence-electron chi connectivity index (χ4n) is 0.232. The Kier molecular flexibility index (Phi) is 2.67. The predicted octanol–water partition coefficient (Wildman–Crippen LogP) is 0.655. The van der Waals surface area contributed by atoms with Crippen LogP contribution in [0.25, 0.3) is 0 Å². The van der Waals surface area contributed by atoms with Crippen LogP contribution >= 0.6 is 12.2 Å². The van der Waals surface area contributed by atoms with Gasteiger partial charge in [0.1, 0.15) is 0 Å². The van der Waals surface area contributed by atoms with Crippen LogP contribution in [0, 0.1) is 0 Å². The maximum atomic E-state index is 5.00. The number of thiocarbonyl (C=S) groups is 1. The summed E-state index contributed by atoms with van der Waals surface area (Å²) in [7, 11) is 0. The van der Waals surface area contributed by atoms with E-state index in [9.17, 15) is 0 Å². The Morgan fingerprint density at radius 3 is 2.14 bits per heavy atom. The molecule has 0 radical (unpaired) electrons. The second-order valence-corrected chi connectivity index (χ2v) is 1.89. The van der Waals surface area contributed by atoms with Crippen molar-refractivity contribution in [3.05, 3.63) is 0 Å². The highest BCUT2D eigenvalue weighted by Gasteiger charge is 1.90. The fraction of sp³-hybridized carbons (Fsp3) is 0.750. The fourth-order valence-corrected chi connectivity index (χ4v) is 0.425. The van der Waals surface area contributed by atoms with Crippen LogP contribution in [0.1, 0.15) is 13.8 Å². The molecule has 0 unspecified atom stereocenters. The monoisotopic (exact) mass is 119 g/mol. The lowest BCUT2D eigenvalue weighted by Crippen LogP contribution is -2.17. The van der Waals surface area contributed by atoms with E-state index < -0.39 is 0 Å². The molecule has 0 aliphatic rings. The first-order chi connectivity index (χ1) is 3.13. The average molecular weight is 119 g/mol. The maximum Gasteiger partial charge on any atom is 0.254 e. The molecule has 0 saturated heterocycles. The van der Waals surface area contributed by atoms with Crippen LogP contribution in [0.3, 0.4) is 0 Å². The topological polar surface area (TPSA) is 35.2 Å². The second-order valence-electron chi connectivity index (χ2n) is 1.49. The molecule has 0 amide bonds. The van der Waals surface area contributed by atoms with Crippen LogP contribution in [0.2, 0.25) is 0 Å². The predicted molar refractivity (Wildman–Crippen MR) is 33.0 cm³/mol. The summed E-state index contributed by atoms with van der Waals surface area (Å²) in [4.78, 5) is 0. The number of rotatable bonds is 1. The Morgan fingerprint density at radius 1 is 1.71 bits per heavy atom. The van der Waals surface area contributed by atoms with E-state index in [2.05, 4.69) is 12.2 Å². The molecule has 0 bridgehead atoms. The molecule has 0 spiro atoms. The number of nitrogens with two attached hydrogens (primary N) is 1. The van der Waals surface area contributed by atoms with Gasteiger partial charge in [-0.3, -0.25) is 0 Å². The minimum Gasteiger partial charge on any atom is -0.468 e. The van der Waals surface area contributed by atoms with Gasteiger partial charge in [0.25, 0.3) is 5.17 Å². The Hall–Kier alpha value is -0.310. The standard InChI is InChI=1S/C4H9NOS/c1-3(2)6-4(5)7/h3H,1-2H3,(H2,5,7). The lowest BCUT2D eigenvalue weighted by atomic mass is 10.5. The molecule has 0 rings (SSSR count). The highest BCUT2D eigenvalue weighted by molar-refractivity contribution is 7.80. The largest absolute Gasteiger partial charge is 0.468 e. The summed E-state index contributed by atoms with van der Waals surface area (Å²) < 4.78 is 4.76. The van der Waals surface area contributed by atoms with E-state index in [0.717, 1.165) is 0 Å². The van der Waals surface area contributed by atoms with E-state index in [0.29, 0.717) is 0 Å². The first-order valence-corrected chi connectivity index (χ1v) is 2.50. The van der Waals surface area contributed by atoms with Crippen LogP contribution in [-0.2, 0) is 4.74 Å². The molecule has 0 fully saturated rings. The normalized spacial score (nSPS) is 9.00. The molecule has 0 heterocycles. The lowest BCUT2D eigenvalue weighted by Gasteiger charge is -2.04. The van der Waals surface area contributed by atoms with E-state index in [1.165, 1.54) is 0 Å². The highest BCUT2D eigenvalue weighted by Crippen LogP contribution is 1.84. The zero-order valence-electron chi connectivity index (χ0n) is 4.47. The van der Waals surface area contributed by atoms with Gasteiger partial charge in [0.05, 0.1) is 6.10 Å². The van der Waals surface area contributed by atoms with Gasteiger partial charge in [-0.05, 0) is 26.1 Å². The van der Waals surface area contributed by atoms with Gasteiger partial charge in [-0.15, -0.1) is 0 Å². The van der Waals surface area contributed by atoms with Crippen molar-refractivity contribution in [3.63, 3.8) is 0 Å². The van der Waals surface area contributed by atoms with Gasteiger partial charge in [-0.1, -0.05) is 0 Å². The summed E-state index contributed by atoms with van der Waals surface area (Å²) in [5.74, 6) is 0. The van der Waals surface area contributed by atoms with Crippen LogP contribution < -0.4 is 5.73 Å². The molecule has 42 valence electrons. The SMILES string of the molecule is CC(C)OC(N)=S. The van der Waals surface area contributed by atoms with E-state index in [4.69, 9.17) is 10.5 Å². The van der Waals surface area contributed by atoms with Crippen molar-refractivity contribution >= 4 is 17.4 Å². The molecule has 3 heteroatoms. The molecule has 0 saturated carbocycles. The molecule has 0 aromatic rings. The first-order valence-electron chi connectivity index (χ1n) is 2.09. The minimum atomic E-state index is 0.109. The summed E-state index contributed by atoms with van der Waals surface area (Å²) in [5.41, 5.74) is 5.00. The quantitative estimate of drug-likeness (QED) is 0.515. The maximum absolute atomic E-state index is 5.00. The Labute approximate surface area is 48.6 Å². The molecule has 0 aromatic heterocycles. The smallest absolute Gasteiger partial charge is 0.254 e. The second kappa shape index (κ2) is 2.80. The summed E-state index contributed by atoms with van der Waals surface area (Å²) >= 11 is 4.43. The molecular formula is C4H9NOS. The van der Waals surface area contributed by atoms with Crippen molar-refractivity contribution in [2.75, 3.05) is 0 Å². The summed E-state index contributed by atoms with van der Waals surface area (Å²) in [6.45, 7) is 3.75. The number of hydrogen-bond donors (Lipinski definition) is 1. The molecule has 2 nitrogen and oxygen atoms in total. The summed E-state index contributed by atoms with van der Waals surface area (Å²) in [6.07, 6.45) is 0.109. The van der Waals surface area contributed by atoms with Gasteiger partial charge >= 0.3 is 0 Å². The molecule has 7 heavy (non-hydrogen) atoms. The third kappa shape index (κ3) is 5.69. The van der Waals surface area contributed by atoms with Crippen molar-refractivity contribution in [1.29, 1.82) is 0 Å². The van der Waals surface area contributed by atoms with Crippen molar-refractivity contribution in [2.24, 2.45) is 5.73 Å². The minimum absolute atomic E-state index is 0.109.